The van der Waals surface area contributed by atoms with Crippen molar-refractivity contribution in [3.8, 4) is 0 Å². The van der Waals surface area contributed by atoms with Crippen LogP contribution in [0, 0.1) is 0 Å². The van der Waals surface area contributed by atoms with Crippen molar-refractivity contribution in [2.75, 3.05) is 23.3 Å². The molecule has 0 aromatic carbocycles. The normalized spacial score (nSPS) is 9.83. The molecule has 1 aromatic rings. The fraction of sp³-hybridized carbons (Fsp3) is 0.444. The first-order chi connectivity index (χ1) is 5.88. The molecule has 0 saturated carbocycles. The van der Waals surface area contributed by atoms with Crippen molar-refractivity contribution in [2.24, 2.45) is 0 Å². The van der Waals surface area contributed by atoms with Gasteiger partial charge in [-0.25, -0.2) is 4.98 Å². The molecule has 3 heteroatoms. The van der Waals surface area contributed by atoms with Crippen LogP contribution < -0.4 is 4.90 Å². The van der Waals surface area contributed by atoms with E-state index in [1.54, 1.807) is 0 Å². The molecule has 0 aliphatic heterocycles. The number of nitrogens with zero attached hydrogens (tertiary/aromatic N) is 2. The van der Waals surface area contributed by atoms with Crippen molar-refractivity contribution in [1.82, 2.24) is 4.98 Å². The second kappa shape index (κ2) is 5.14. The second-order valence-corrected chi connectivity index (χ2v) is 3.25. The Morgan fingerprint density at radius 2 is 2.33 bits per heavy atom. The maximum atomic E-state index is 4.27. The first kappa shape index (κ1) is 9.52. The van der Waals surface area contributed by atoms with Crippen LogP contribution in [-0.4, -0.2) is 23.4 Å². The summed E-state index contributed by atoms with van der Waals surface area (Å²) in [5.74, 6) is 1.06. The molecule has 0 aliphatic carbocycles. The Bertz CT molecular complexity index is 213. The van der Waals surface area contributed by atoms with Crippen LogP contribution in [0.5, 0.6) is 0 Å². The van der Waals surface area contributed by atoms with Gasteiger partial charge in [0.05, 0.1) is 0 Å². The molecule has 0 unspecified atom stereocenters. The van der Waals surface area contributed by atoms with Gasteiger partial charge < -0.3 is 4.90 Å². The average molecular weight is 229 g/mol. The van der Waals surface area contributed by atoms with Crippen molar-refractivity contribution < 1.29 is 0 Å². The molecule has 1 rings (SSSR count). The van der Waals surface area contributed by atoms with E-state index >= 15 is 0 Å². The molecule has 0 atom stereocenters. The van der Waals surface area contributed by atoms with Gasteiger partial charge in [0.15, 0.2) is 0 Å². The minimum atomic E-state index is 0.984. The minimum Gasteiger partial charge on any atom is -0.356 e. The molecule has 0 N–H and O–H groups in total. The molecule has 0 fully saturated rings. The van der Waals surface area contributed by atoms with Crippen LogP contribution in [0.25, 0.3) is 0 Å². The van der Waals surface area contributed by atoms with Crippen molar-refractivity contribution >= 4 is 21.7 Å². The van der Waals surface area contributed by atoms with Gasteiger partial charge in [-0.1, -0.05) is 22.0 Å². The summed E-state index contributed by atoms with van der Waals surface area (Å²) in [6, 6.07) is 5.98. The number of aromatic nitrogens is 1. The zero-order valence-electron chi connectivity index (χ0n) is 7.20. The Hall–Kier alpha value is -0.570. The third-order valence-electron chi connectivity index (χ3n) is 1.71. The number of hydrogen-bond acceptors (Lipinski definition) is 2. The van der Waals surface area contributed by atoms with Gasteiger partial charge in [0.1, 0.15) is 5.82 Å². The van der Waals surface area contributed by atoms with E-state index in [0.717, 1.165) is 24.2 Å². The summed E-state index contributed by atoms with van der Waals surface area (Å²) in [4.78, 5) is 6.50. The zero-order valence-corrected chi connectivity index (χ0v) is 8.79. The summed E-state index contributed by atoms with van der Waals surface area (Å²) >= 11 is 3.42. The van der Waals surface area contributed by atoms with Crippen molar-refractivity contribution in [1.29, 1.82) is 0 Å². The second-order valence-electron chi connectivity index (χ2n) is 2.46. The van der Waals surface area contributed by atoms with Crippen molar-refractivity contribution in [2.45, 2.75) is 6.92 Å². The molecule has 0 saturated heterocycles. The maximum Gasteiger partial charge on any atom is 0.128 e. The number of hydrogen-bond donors (Lipinski definition) is 0. The lowest BCUT2D eigenvalue weighted by Crippen LogP contribution is -2.25. The summed E-state index contributed by atoms with van der Waals surface area (Å²) in [6.45, 7) is 4.15. The fourth-order valence-corrected chi connectivity index (χ4v) is 1.51. The molecule has 2 nitrogen and oxygen atoms in total. The highest BCUT2D eigenvalue weighted by Gasteiger charge is 2.01. The van der Waals surface area contributed by atoms with Crippen LogP contribution in [0.15, 0.2) is 24.4 Å². The van der Waals surface area contributed by atoms with Crippen LogP contribution in [0.3, 0.4) is 0 Å². The lowest BCUT2D eigenvalue weighted by atomic mass is 10.4. The summed E-state index contributed by atoms with van der Waals surface area (Å²) in [7, 11) is 0. The third kappa shape index (κ3) is 2.48. The van der Waals surface area contributed by atoms with E-state index in [1.807, 2.05) is 24.4 Å². The highest BCUT2D eigenvalue weighted by molar-refractivity contribution is 9.09. The van der Waals surface area contributed by atoms with Crippen LogP contribution in [-0.2, 0) is 0 Å². The Balaban J connectivity index is 2.66. The molecule has 0 aliphatic rings. The monoisotopic (exact) mass is 228 g/mol. The van der Waals surface area contributed by atoms with Gasteiger partial charge in [-0.3, -0.25) is 0 Å². The average Bonchev–Trinajstić information content (AvgIpc) is 2.15. The minimum absolute atomic E-state index is 0.984. The smallest absolute Gasteiger partial charge is 0.128 e. The summed E-state index contributed by atoms with van der Waals surface area (Å²) in [5, 5.41) is 0.984. The fourth-order valence-electron chi connectivity index (χ4n) is 1.08. The van der Waals surface area contributed by atoms with Crippen molar-refractivity contribution in [3.05, 3.63) is 24.4 Å². The molecule has 1 heterocycles. The van der Waals surface area contributed by atoms with E-state index in [-0.39, 0.29) is 0 Å². The maximum absolute atomic E-state index is 4.27. The molecular formula is C9H13BrN2. The van der Waals surface area contributed by atoms with Gasteiger partial charge in [0.2, 0.25) is 0 Å². The summed E-state index contributed by atoms with van der Waals surface area (Å²) < 4.78 is 0. The topological polar surface area (TPSA) is 16.1 Å². The van der Waals surface area contributed by atoms with E-state index in [4.69, 9.17) is 0 Å². The van der Waals surface area contributed by atoms with Crippen LogP contribution >= 0.6 is 15.9 Å². The molecule has 1 aromatic heterocycles. The van der Waals surface area contributed by atoms with Gasteiger partial charge in [-0.05, 0) is 19.1 Å². The molecule has 0 radical (unpaired) electrons. The van der Waals surface area contributed by atoms with Crippen molar-refractivity contribution in [3.63, 3.8) is 0 Å². The molecular weight excluding hydrogens is 216 g/mol. The third-order valence-corrected chi connectivity index (χ3v) is 2.06. The number of alkyl halides is 1. The van der Waals surface area contributed by atoms with Gasteiger partial charge in [0, 0.05) is 24.6 Å². The van der Waals surface area contributed by atoms with Gasteiger partial charge in [-0.2, -0.15) is 0 Å². The first-order valence-electron chi connectivity index (χ1n) is 4.10. The number of rotatable bonds is 4. The standard InChI is InChI=1S/C9H13BrN2/c1-2-12(8-6-10)9-5-3-4-7-11-9/h3-5,7H,2,6,8H2,1H3. The van der Waals surface area contributed by atoms with Crippen LogP contribution in [0.4, 0.5) is 5.82 Å². The lowest BCUT2D eigenvalue weighted by Gasteiger charge is -2.20. The molecule has 0 spiro atoms. The Morgan fingerprint density at radius 1 is 1.50 bits per heavy atom. The van der Waals surface area contributed by atoms with Crippen LogP contribution in [0.2, 0.25) is 0 Å². The molecule has 0 bridgehead atoms. The van der Waals surface area contributed by atoms with Gasteiger partial charge in [-0.15, -0.1) is 0 Å². The summed E-state index contributed by atoms with van der Waals surface area (Å²) in [6.07, 6.45) is 1.83. The van der Waals surface area contributed by atoms with E-state index in [9.17, 15) is 0 Å². The van der Waals surface area contributed by atoms with Gasteiger partial charge >= 0.3 is 0 Å². The largest absolute Gasteiger partial charge is 0.356 e. The number of anilines is 1. The first-order valence-corrected chi connectivity index (χ1v) is 5.22. The Kier molecular flexibility index (Phi) is 4.08. The Morgan fingerprint density at radius 3 is 2.83 bits per heavy atom. The van der Waals surface area contributed by atoms with E-state index in [0.29, 0.717) is 0 Å². The lowest BCUT2D eigenvalue weighted by molar-refractivity contribution is 0.854. The SMILES string of the molecule is CCN(CCBr)c1ccccn1. The van der Waals surface area contributed by atoms with Crippen LogP contribution in [0.1, 0.15) is 6.92 Å². The molecule has 0 amide bonds. The Labute approximate surface area is 81.7 Å². The number of pyridine rings is 1. The summed E-state index contributed by atoms with van der Waals surface area (Å²) in [5.41, 5.74) is 0. The zero-order chi connectivity index (χ0) is 8.81. The molecule has 12 heavy (non-hydrogen) atoms. The highest BCUT2D eigenvalue weighted by atomic mass is 79.9. The number of halogens is 1. The quantitative estimate of drug-likeness (QED) is 0.736. The van der Waals surface area contributed by atoms with E-state index in [2.05, 4.69) is 32.7 Å². The van der Waals surface area contributed by atoms with E-state index in [1.165, 1.54) is 0 Å². The van der Waals surface area contributed by atoms with E-state index < -0.39 is 0 Å². The predicted octanol–water partition coefficient (Wildman–Crippen LogP) is 2.30. The highest BCUT2D eigenvalue weighted by Crippen LogP contribution is 2.08. The molecule has 66 valence electrons. The predicted molar refractivity (Wildman–Crippen MR) is 55.9 cm³/mol. The van der Waals surface area contributed by atoms with Gasteiger partial charge in [0.25, 0.3) is 0 Å².